The topological polar surface area (TPSA) is 96.4 Å². The molecule has 2 heterocycles. The molecule has 108 valence electrons. The van der Waals surface area contributed by atoms with Crippen molar-refractivity contribution >= 4 is 54.6 Å². The quantitative estimate of drug-likeness (QED) is 0.779. The number of carboxylic acids is 1. The van der Waals surface area contributed by atoms with Crippen LogP contribution in [-0.2, 0) is 16.4 Å². The molecule has 0 spiro atoms. The van der Waals surface area contributed by atoms with Crippen molar-refractivity contribution in [3.05, 3.63) is 31.3 Å². The lowest BCUT2D eigenvalue weighted by molar-refractivity contribution is 0.0702. The van der Waals surface area contributed by atoms with Gasteiger partial charge in [0.1, 0.15) is 9.77 Å². The molecule has 6 nitrogen and oxygen atoms in total. The lowest BCUT2D eigenvalue weighted by Gasteiger charge is -2.04. The predicted octanol–water partition coefficient (Wildman–Crippen LogP) is 2.19. The smallest absolute Gasteiger partial charge is 0.345 e. The van der Waals surface area contributed by atoms with Gasteiger partial charge in [0, 0.05) is 18.3 Å². The monoisotopic (exact) mass is 396 g/mol. The zero-order chi connectivity index (χ0) is 14.8. The second-order valence-electron chi connectivity index (χ2n) is 3.68. The van der Waals surface area contributed by atoms with Crippen LogP contribution in [0.2, 0.25) is 0 Å². The summed E-state index contributed by atoms with van der Waals surface area (Å²) in [5.74, 6) is -1.15. The van der Waals surface area contributed by atoms with E-state index >= 15 is 0 Å². The third-order valence-electron chi connectivity index (χ3n) is 2.31. The molecule has 0 radical (unpaired) electrons. The highest BCUT2D eigenvalue weighted by molar-refractivity contribution is 9.11. The summed E-state index contributed by atoms with van der Waals surface area (Å²) < 4.78 is 26.8. The molecule has 0 unspecified atom stereocenters. The second-order valence-corrected chi connectivity index (χ2v) is 8.51. The molecule has 0 fully saturated rings. The molecule has 10 heteroatoms. The molecule has 0 aliphatic carbocycles. The van der Waals surface area contributed by atoms with Gasteiger partial charge in [-0.15, -0.1) is 22.7 Å². The second kappa shape index (κ2) is 6.31. The van der Waals surface area contributed by atoms with Gasteiger partial charge < -0.3 is 5.11 Å². The van der Waals surface area contributed by atoms with Crippen LogP contribution in [0.1, 0.15) is 15.4 Å². The maximum Gasteiger partial charge on any atom is 0.345 e. The van der Waals surface area contributed by atoms with Crippen LogP contribution in [0.3, 0.4) is 0 Å². The Morgan fingerprint density at radius 3 is 2.80 bits per heavy atom. The highest BCUT2D eigenvalue weighted by atomic mass is 79.9. The summed E-state index contributed by atoms with van der Waals surface area (Å²) in [5.41, 5.74) is 2.49. The highest BCUT2D eigenvalue weighted by Crippen LogP contribution is 2.31. The van der Waals surface area contributed by atoms with Gasteiger partial charge in [-0.1, -0.05) is 0 Å². The number of carbonyl (C=O) groups is 1. The number of hydrogen-bond acceptors (Lipinski definition) is 6. The fraction of sp³-hybridized carbons (Fsp3) is 0.200. The summed E-state index contributed by atoms with van der Waals surface area (Å²) >= 11 is 5.39. The number of rotatable bonds is 6. The van der Waals surface area contributed by atoms with Gasteiger partial charge in [0.25, 0.3) is 0 Å². The number of thiazole rings is 1. The summed E-state index contributed by atoms with van der Waals surface area (Å²) in [4.78, 5) is 14.8. The Bertz CT molecular complexity index is 709. The molecule has 2 aromatic rings. The van der Waals surface area contributed by atoms with Crippen molar-refractivity contribution in [1.82, 2.24) is 9.71 Å². The molecule has 2 rings (SSSR count). The normalized spacial score (nSPS) is 11.7. The van der Waals surface area contributed by atoms with Gasteiger partial charge >= 0.3 is 5.97 Å². The number of thiophene rings is 1. The Balaban J connectivity index is 2.08. The number of carboxylic acid groups (broad SMARTS) is 1. The molecule has 2 N–H and O–H groups in total. The number of aromatic nitrogens is 1. The number of nitrogens with zero attached hydrogens (tertiary/aromatic N) is 1. The average molecular weight is 397 g/mol. The lowest BCUT2D eigenvalue weighted by Crippen LogP contribution is -2.26. The molecule has 0 saturated heterocycles. The average Bonchev–Trinajstić information content (AvgIpc) is 2.98. The van der Waals surface area contributed by atoms with Crippen LogP contribution in [0.4, 0.5) is 0 Å². The summed E-state index contributed by atoms with van der Waals surface area (Å²) in [6, 6.07) is 1.14. The fourth-order valence-electron chi connectivity index (χ4n) is 1.39. The molecule has 0 atom stereocenters. The summed E-state index contributed by atoms with van der Waals surface area (Å²) in [6.45, 7) is 0.205. The largest absolute Gasteiger partial charge is 0.477 e. The Morgan fingerprint density at radius 2 is 2.25 bits per heavy atom. The number of halogens is 1. The molecule has 0 saturated carbocycles. The lowest BCUT2D eigenvalue weighted by atomic mass is 10.3. The Kier molecular flexibility index (Phi) is 4.91. The molecule has 0 aliphatic heterocycles. The minimum Gasteiger partial charge on any atom is -0.477 e. The van der Waals surface area contributed by atoms with Crippen molar-refractivity contribution in [3.63, 3.8) is 0 Å². The predicted molar refractivity (Wildman–Crippen MR) is 80.0 cm³/mol. The van der Waals surface area contributed by atoms with Crippen molar-refractivity contribution in [3.8, 4) is 0 Å². The molecule has 0 aromatic carbocycles. The summed E-state index contributed by atoms with van der Waals surface area (Å²) in [7, 11) is -3.73. The molecule has 2 aromatic heterocycles. The van der Waals surface area contributed by atoms with E-state index in [0.717, 1.165) is 23.1 Å². The van der Waals surface area contributed by atoms with Gasteiger partial charge in [-0.25, -0.2) is 22.9 Å². The standard InChI is InChI=1S/C10H9BrN2O4S3/c11-9-8(3-7(19-9)10(14)15)20(16,17)13-2-1-6-4-18-5-12-6/h3-5,13H,1-2H2,(H,14,15). The van der Waals surface area contributed by atoms with E-state index in [1.165, 1.54) is 11.3 Å². The Morgan fingerprint density at radius 1 is 1.50 bits per heavy atom. The van der Waals surface area contributed by atoms with E-state index < -0.39 is 16.0 Å². The van der Waals surface area contributed by atoms with E-state index in [1.807, 2.05) is 5.38 Å². The van der Waals surface area contributed by atoms with E-state index in [-0.39, 0.29) is 20.1 Å². The van der Waals surface area contributed by atoms with Gasteiger partial charge in [-0.3, -0.25) is 0 Å². The van der Waals surface area contributed by atoms with Crippen molar-refractivity contribution < 1.29 is 18.3 Å². The van der Waals surface area contributed by atoms with Crippen LogP contribution in [0.15, 0.2) is 25.6 Å². The van der Waals surface area contributed by atoms with Gasteiger partial charge in [-0.2, -0.15) is 0 Å². The maximum absolute atomic E-state index is 12.1. The third-order valence-corrected chi connectivity index (χ3v) is 6.65. The van der Waals surface area contributed by atoms with Crippen molar-refractivity contribution in [2.75, 3.05) is 6.54 Å². The molecule has 0 amide bonds. The molecule has 0 bridgehead atoms. The van der Waals surface area contributed by atoms with Crippen molar-refractivity contribution in [1.29, 1.82) is 0 Å². The maximum atomic E-state index is 12.1. The van der Waals surface area contributed by atoms with Crippen LogP contribution in [0, 0.1) is 0 Å². The zero-order valence-electron chi connectivity index (χ0n) is 9.87. The van der Waals surface area contributed by atoms with E-state index in [2.05, 4.69) is 25.6 Å². The first-order valence-electron chi connectivity index (χ1n) is 5.29. The minimum atomic E-state index is -3.73. The molecular weight excluding hydrogens is 388 g/mol. The summed E-state index contributed by atoms with van der Waals surface area (Å²) in [5, 5.41) is 10.7. The van der Waals surface area contributed by atoms with Gasteiger partial charge in [0.15, 0.2) is 0 Å². The van der Waals surface area contributed by atoms with Crippen molar-refractivity contribution in [2.45, 2.75) is 11.3 Å². The molecular formula is C10H9BrN2O4S3. The van der Waals surface area contributed by atoms with Crippen molar-refractivity contribution in [2.24, 2.45) is 0 Å². The first-order chi connectivity index (χ1) is 9.40. The minimum absolute atomic E-state index is 0.0308. The molecule has 20 heavy (non-hydrogen) atoms. The Labute approximate surface area is 131 Å². The van der Waals surface area contributed by atoms with E-state index in [9.17, 15) is 13.2 Å². The Hall–Kier alpha value is -0.810. The SMILES string of the molecule is O=C(O)c1cc(S(=O)(=O)NCCc2cscn2)c(Br)s1. The number of aromatic carboxylic acids is 1. The van der Waals surface area contributed by atoms with Crippen LogP contribution in [0.25, 0.3) is 0 Å². The van der Waals surface area contributed by atoms with Crippen LogP contribution >= 0.6 is 38.6 Å². The van der Waals surface area contributed by atoms with E-state index in [1.54, 1.807) is 5.51 Å². The number of hydrogen-bond donors (Lipinski definition) is 2. The molecule has 0 aliphatic rings. The highest BCUT2D eigenvalue weighted by Gasteiger charge is 2.22. The van der Waals surface area contributed by atoms with Crippen LogP contribution in [0.5, 0.6) is 0 Å². The van der Waals surface area contributed by atoms with Gasteiger partial charge in [0.2, 0.25) is 10.0 Å². The first-order valence-corrected chi connectivity index (χ1v) is 9.33. The van der Waals surface area contributed by atoms with E-state index in [4.69, 9.17) is 5.11 Å². The van der Waals surface area contributed by atoms with Crippen LogP contribution in [-0.4, -0.2) is 31.0 Å². The number of sulfonamides is 1. The first kappa shape index (κ1) is 15.6. The van der Waals surface area contributed by atoms with E-state index in [0.29, 0.717) is 6.42 Å². The van der Waals surface area contributed by atoms with Gasteiger partial charge in [-0.05, 0) is 22.0 Å². The summed E-state index contributed by atoms with van der Waals surface area (Å²) in [6.07, 6.45) is 0.482. The third kappa shape index (κ3) is 3.64. The zero-order valence-corrected chi connectivity index (χ0v) is 13.9. The van der Waals surface area contributed by atoms with Crippen LogP contribution < -0.4 is 4.72 Å². The van der Waals surface area contributed by atoms with Gasteiger partial charge in [0.05, 0.1) is 15.0 Å². The number of nitrogens with one attached hydrogen (secondary N) is 1. The fourth-order valence-corrected chi connectivity index (χ4v) is 5.42.